The van der Waals surface area contributed by atoms with Crippen LogP contribution in [0.1, 0.15) is 39.8 Å². The van der Waals surface area contributed by atoms with E-state index in [9.17, 15) is 0 Å². The van der Waals surface area contributed by atoms with Gasteiger partial charge in [-0.25, -0.2) is 0 Å². The van der Waals surface area contributed by atoms with Crippen molar-refractivity contribution >= 4 is 0 Å². The highest BCUT2D eigenvalue weighted by molar-refractivity contribution is 5.32. The Bertz CT molecular complexity index is 1060. The van der Waals surface area contributed by atoms with Crippen molar-refractivity contribution in [1.82, 2.24) is 0 Å². The van der Waals surface area contributed by atoms with Gasteiger partial charge in [0.1, 0.15) is 12.6 Å². The van der Waals surface area contributed by atoms with Crippen molar-refractivity contribution in [2.75, 3.05) is 13.1 Å². The van der Waals surface area contributed by atoms with Crippen molar-refractivity contribution in [3.05, 3.63) is 143 Å². The van der Waals surface area contributed by atoms with E-state index < -0.39 is 0 Å². The lowest BCUT2D eigenvalue weighted by molar-refractivity contribution is -1.00. The molecule has 4 aromatic rings. The van der Waals surface area contributed by atoms with Gasteiger partial charge in [-0.05, 0) is 12.5 Å². The number of quaternary nitrogens is 1. The highest BCUT2D eigenvalue weighted by atomic mass is 15.4. The summed E-state index contributed by atoms with van der Waals surface area (Å²) in [6, 6.07) is 42.7. The Hall–Kier alpha value is -3.16. The smallest absolute Gasteiger partial charge is 0.141 e. The average molecular weight is 405 g/mol. The zero-order chi connectivity index (χ0) is 21.1. The molecule has 0 amide bonds. The van der Waals surface area contributed by atoms with E-state index in [0.717, 1.165) is 24.1 Å². The fourth-order valence-electron chi connectivity index (χ4n) is 5.35. The van der Waals surface area contributed by atoms with E-state index in [-0.39, 0.29) is 0 Å². The number of hydrogen-bond acceptors (Lipinski definition) is 0. The monoisotopic (exact) mass is 404 g/mol. The third-order valence-corrected chi connectivity index (χ3v) is 6.84. The fourth-order valence-corrected chi connectivity index (χ4v) is 5.35. The first-order chi connectivity index (χ1) is 15.2. The molecule has 1 aliphatic rings. The highest BCUT2D eigenvalue weighted by Gasteiger charge is 2.50. The summed E-state index contributed by atoms with van der Waals surface area (Å²) in [5.74, 6) is 0.610. The van der Waals surface area contributed by atoms with Crippen LogP contribution in [0.15, 0.2) is 115 Å². The number of rotatable bonds is 6. The number of hydrogen-bond donors (Lipinski definition) is 0. The van der Waals surface area contributed by atoms with Crippen molar-refractivity contribution in [1.29, 1.82) is 0 Å². The molecular weight excluding hydrogens is 374 g/mol. The van der Waals surface area contributed by atoms with E-state index in [1.54, 1.807) is 0 Å². The van der Waals surface area contributed by atoms with Crippen LogP contribution in [0.3, 0.4) is 0 Å². The number of aryl methyl sites for hydroxylation is 1. The molecule has 1 heterocycles. The summed E-state index contributed by atoms with van der Waals surface area (Å²) in [5.41, 5.74) is 7.05. The molecule has 0 N–H and O–H groups in total. The molecule has 0 unspecified atom stereocenters. The average Bonchev–Trinajstić information content (AvgIpc) is 2.80. The van der Waals surface area contributed by atoms with Gasteiger partial charge < -0.3 is 4.48 Å². The molecule has 5 rings (SSSR count). The molecule has 154 valence electrons. The van der Waals surface area contributed by atoms with Crippen molar-refractivity contribution in [2.45, 2.75) is 25.4 Å². The predicted molar refractivity (Wildman–Crippen MR) is 129 cm³/mol. The molecule has 1 nitrogen and oxygen atoms in total. The molecule has 4 aromatic carbocycles. The number of nitrogens with zero attached hydrogens (tertiary/aromatic N) is 1. The molecule has 1 aliphatic heterocycles. The summed E-state index contributed by atoms with van der Waals surface area (Å²) in [6.45, 7) is 5.54. The van der Waals surface area contributed by atoms with Crippen molar-refractivity contribution in [3.63, 3.8) is 0 Å². The van der Waals surface area contributed by atoms with Crippen LogP contribution in [-0.2, 0) is 6.54 Å². The van der Waals surface area contributed by atoms with Crippen LogP contribution >= 0.6 is 0 Å². The lowest BCUT2D eigenvalue weighted by Crippen LogP contribution is -2.63. The minimum Gasteiger partial charge on any atom is -0.308 e. The zero-order valence-corrected chi connectivity index (χ0v) is 18.2. The lowest BCUT2D eigenvalue weighted by Gasteiger charge is -2.55. The first-order valence-corrected chi connectivity index (χ1v) is 11.3. The Labute approximate surface area is 186 Å². The summed E-state index contributed by atoms with van der Waals surface area (Å²) in [5, 5.41) is 0. The van der Waals surface area contributed by atoms with Crippen molar-refractivity contribution in [2.24, 2.45) is 0 Å². The van der Waals surface area contributed by atoms with Gasteiger partial charge in [0, 0.05) is 16.7 Å². The van der Waals surface area contributed by atoms with Gasteiger partial charge in [-0.3, -0.25) is 0 Å². The quantitative estimate of drug-likeness (QED) is 0.307. The van der Waals surface area contributed by atoms with Gasteiger partial charge in [-0.1, -0.05) is 121 Å². The second-order valence-electron chi connectivity index (χ2n) is 9.06. The Morgan fingerprint density at radius 1 is 0.645 bits per heavy atom. The summed E-state index contributed by atoms with van der Waals surface area (Å²) < 4.78 is 1.07. The second-order valence-corrected chi connectivity index (χ2v) is 9.06. The SMILES string of the molecule is Cc1ccc(C2C[N+](Cc3ccccc3)(C(c3ccccc3)c3ccccc3)C2)cc1. The van der Waals surface area contributed by atoms with E-state index in [4.69, 9.17) is 0 Å². The Morgan fingerprint density at radius 2 is 1.13 bits per heavy atom. The van der Waals surface area contributed by atoms with Crippen LogP contribution in [0, 0.1) is 6.92 Å². The Kier molecular flexibility index (Phi) is 5.44. The van der Waals surface area contributed by atoms with E-state index >= 15 is 0 Å². The maximum Gasteiger partial charge on any atom is 0.141 e. The van der Waals surface area contributed by atoms with Crippen LogP contribution in [0.2, 0.25) is 0 Å². The van der Waals surface area contributed by atoms with E-state index in [0.29, 0.717) is 12.0 Å². The molecule has 1 saturated heterocycles. The molecule has 0 aromatic heterocycles. The van der Waals surface area contributed by atoms with Gasteiger partial charge in [0.25, 0.3) is 0 Å². The normalized spacial score (nSPS) is 20.4. The van der Waals surface area contributed by atoms with Crippen LogP contribution in [0.25, 0.3) is 0 Å². The van der Waals surface area contributed by atoms with E-state index in [2.05, 4.69) is 122 Å². The molecular formula is C30H30N+. The zero-order valence-electron chi connectivity index (χ0n) is 18.2. The first-order valence-electron chi connectivity index (χ1n) is 11.3. The molecule has 0 bridgehead atoms. The molecule has 1 fully saturated rings. The second kappa shape index (κ2) is 8.53. The molecule has 31 heavy (non-hydrogen) atoms. The third kappa shape index (κ3) is 4.06. The minimum atomic E-state index is 0.337. The molecule has 0 saturated carbocycles. The van der Waals surface area contributed by atoms with Crippen LogP contribution in [0.4, 0.5) is 0 Å². The molecule has 0 aliphatic carbocycles. The van der Waals surface area contributed by atoms with Gasteiger partial charge in [0.2, 0.25) is 0 Å². The van der Waals surface area contributed by atoms with Gasteiger partial charge in [-0.15, -0.1) is 0 Å². The first kappa shape index (κ1) is 19.8. The summed E-state index contributed by atoms with van der Waals surface area (Å²) in [6.07, 6.45) is 0. The van der Waals surface area contributed by atoms with Gasteiger partial charge >= 0.3 is 0 Å². The largest absolute Gasteiger partial charge is 0.308 e. The van der Waals surface area contributed by atoms with Crippen LogP contribution < -0.4 is 0 Å². The molecule has 0 radical (unpaired) electrons. The maximum atomic E-state index is 2.33. The van der Waals surface area contributed by atoms with Crippen LogP contribution in [-0.4, -0.2) is 17.6 Å². The minimum absolute atomic E-state index is 0.337. The summed E-state index contributed by atoms with van der Waals surface area (Å²) >= 11 is 0. The fraction of sp³-hybridized carbons (Fsp3) is 0.200. The topological polar surface area (TPSA) is 0 Å². The number of benzene rings is 4. The van der Waals surface area contributed by atoms with Gasteiger partial charge in [0.05, 0.1) is 19.0 Å². The summed E-state index contributed by atoms with van der Waals surface area (Å²) in [4.78, 5) is 0. The third-order valence-electron chi connectivity index (χ3n) is 6.84. The van der Waals surface area contributed by atoms with Crippen LogP contribution in [0.5, 0.6) is 0 Å². The Balaban J connectivity index is 1.56. The lowest BCUT2D eigenvalue weighted by atomic mass is 9.81. The Morgan fingerprint density at radius 3 is 1.65 bits per heavy atom. The molecule has 0 spiro atoms. The highest BCUT2D eigenvalue weighted by Crippen LogP contribution is 2.47. The van der Waals surface area contributed by atoms with Crippen molar-refractivity contribution in [3.8, 4) is 0 Å². The standard InChI is InChI=1S/C30H30N/c1-24-17-19-26(20-18-24)29-22-31(23-29,21-25-11-5-2-6-12-25)30(27-13-7-3-8-14-27)28-15-9-4-10-16-28/h2-20,29-30H,21-23H2,1H3/q+1. The van der Waals surface area contributed by atoms with E-state index in [1.165, 1.54) is 27.8 Å². The predicted octanol–water partition coefficient (Wildman–Crippen LogP) is 6.90. The van der Waals surface area contributed by atoms with Gasteiger partial charge in [0.15, 0.2) is 0 Å². The molecule has 1 heteroatoms. The molecule has 0 atom stereocenters. The summed E-state index contributed by atoms with van der Waals surface area (Å²) in [7, 11) is 0. The number of likely N-dealkylation sites (tertiary alicyclic amines) is 1. The maximum absolute atomic E-state index is 2.33. The van der Waals surface area contributed by atoms with Gasteiger partial charge in [-0.2, -0.15) is 0 Å². The van der Waals surface area contributed by atoms with E-state index in [1.807, 2.05) is 0 Å². The van der Waals surface area contributed by atoms with Crippen molar-refractivity contribution < 1.29 is 4.48 Å².